The number of benzene rings is 1. The van der Waals surface area contributed by atoms with E-state index in [4.69, 9.17) is 4.74 Å². The molecule has 7 heteroatoms. The van der Waals surface area contributed by atoms with E-state index in [1.165, 1.54) is 6.20 Å². The zero-order valence-electron chi connectivity index (χ0n) is 15.3. The Morgan fingerprint density at radius 1 is 1.26 bits per heavy atom. The van der Waals surface area contributed by atoms with Crippen molar-refractivity contribution in [3.05, 3.63) is 54.1 Å². The van der Waals surface area contributed by atoms with Gasteiger partial charge in [-0.3, -0.25) is 4.98 Å². The molecule has 3 heterocycles. The molecule has 2 amide bonds. The number of fused-ring (bicyclic) bond motifs is 1. The van der Waals surface area contributed by atoms with Crippen molar-refractivity contribution >= 4 is 11.7 Å². The van der Waals surface area contributed by atoms with E-state index >= 15 is 0 Å². The number of methoxy groups -OCH3 is 1. The summed E-state index contributed by atoms with van der Waals surface area (Å²) in [7, 11) is 1.64. The first-order chi connectivity index (χ1) is 13.2. The van der Waals surface area contributed by atoms with Gasteiger partial charge in [-0.2, -0.15) is 0 Å². The highest BCUT2D eigenvalue weighted by Crippen LogP contribution is 2.27. The highest BCUT2D eigenvalue weighted by molar-refractivity contribution is 5.76. The first kappa shape index (κ1) is 17.6. The average Bonchev–Trinajstić information content (AvgIpc) is 2.70. The normalized spacial score (nSPS) is 19.9. The molecule has 6 nitrogen and oxygen atoms in total. The van der Waals surface area contributed by atoms with Crippen molar-refractivity contribution in [2.75, 3.05) is 38.2 Å². The number of carbonyl (C=O) groups excluding carboxylic acids is 1. The fourth-order valence-corrected chi connectivity index (χ4v) is 3.92. The molecule has 0 unspecified atom stereocenters. The standard InChI is InChI=1S/C20H23FN4O2/c1-27-17-4-2-3-15(11-17)13-24-8-6-16-14-23(9-10-25(16)20(24)26)19-5-7-22-12-18(19)21/h2-5,7,11-12,16H,6,8-10,13-14H2,1H3/t16-/m0/s1. The molecule has 2 saturated heterocycles. The summed E-state index contributed by atoms with van der Waals surface area (Å²) in [5.41, 5.74) is 1.62. The molecule has 27 heavy (non-hydrogen) atoms. The van der Waals surface area contributed by atoms with Gasteiger partial charge in [0.15, 0.2) is 5.82 Å². The Labute approximate surface area is 158 Å². The number of pyridine rings is 1. The van der Waals surface area contributed by atoms with E-state index in [2.05, 4.69) is 4.98 Å². The zero-order chi connectivity index (χ0) is 18.8. The van der Waals surface area contributed by atoms with Crippen LogP contribution in [0.1, 0.15) is 12.0 Å². The molecule has 2 aliphatic rings. The summed E-state index contributed by atoms with van der Waals surface area (Å²) in [5.74, 6) is 0.482. The van der Waals surface area contributed by atoms with Crippen LogP contribution in [0.15, 0.2) is 42.7 Å². The van der Waals surface area contributed by atoms with Crippen LogP contribution in [-0.4, -0.2) is 60.1 Å². The van der Waals surface area contributed by atoms with Crippen LogP contribution < -0.4 is 9.64 Å². The molecule has 2 fully saturated rings. The second-order valence-electron chi connectivity index (χ2n) is 6.96. The number of piperazine rings is 1. The molecule has 2 aromatic rings. The van der Waals surface area contributed by atoms with Gasteiger partial charge < -0.3 is 19.4 Å². The Hall–Kier alpha value is -2.83. The summed E-state index contributed by atoms with van der Waals surface area (Å²) >= 11 is 0. The van der Waals surface area contributed by atoms with E-state index in [0.717, 1.165) is 17.7 Å². The Bertz CT molecular complexity index is 831. The van der Waals surface area contributed by atoms with Gasteiger partial charge in [-0.15, -0.1) is 0 Å². The monoisotopic (exact) mass is 370 g/mol. The minimum Gasteiger partial charge on any atom is -0.497 e. The lowest BCUT2D eigenvalue weighted by molar-refractivity contribution is 0.0889. The molecule has 1 atom stereocenters. The molecule has 1 aromatic carbocycles. The second kappa shape index (κ2) is 7.42. The molecule has 0 spiro atoms. The molecule has 1 aromatic heterocycles. The Balaban J connectivity index is 1.43. The van der Waals surface area contributed by atoms with Crippen molar-refractivity contribution in [2.45, 2.75) is 19.0 Å². The fourth-order valence-electron chi connectivity index (χ4n) is 3.92. The van der Waals surface area contributed by atoms with Gasteiger partial charge >= 0.3 is 6.03 Å². The van der Waals surface area contributed by atoms with Gasteiger partial charge in [-0.1, -0.05) is 12.1 Å². The van der Waals surface area contributed by atoms with E-state index < -0.39 is 0 Å². The smallest absolute Gasteiger partial charge is 0.320 e. The molecule has 2 aliphatic heterocycles. The van der Waals surface area contributed by atoms with E-state index in [1.807, 2.05) is 39.0 Å². The summed E-state index contributed by atoms with van der Waals surface area (Å²) in [4.78, 5) is 22.6. The molecule has 142 valence electrons. The van der Waals surface area contributed by atoms with Crippen LogP contribution in [-0.2, 0) is 6.54 Å². The third kappa shape index (κ3) is 3.54. The molecular weight excluding hydrogens is 347 g/mol. The quantitative estimate of drug-likeness (QED) is 0.830. The number of hydrogen-bond donors (Lipinski definition) is 0. The van der Waals surface area contributed by atoms with Gasteiger partial charge in [-0.05, 0) is 30.2 Å². The molecule has 4 rings (SSSR count). The number of anilines is 1. The minimum atomic E-state index is -0.312. The number of rotatable bonds is 4. The summed E-state index contributed by atoms with van der Waals surface area (Å²) < 4.78 is 19.3. The minimum absolute atomic E-state index is 0.0592. The number of aromatic nitrogens is 1. The van der Waals surface area contributed by atoms with Gasteiger partial charge in [0.25, 0.3) is 0 Å². The molecule has 0 aliphatic carbocycles. The van der Waals surface area contributed by atoms with Crippen molar-refractivity contribution in [3.8, 4) is 5.75 Å². The molecule has 0 bridgehead atoms. The summed E-state index contributed by atoms with van der Waals surface area (Å²) in [6.07, 6.45) is 3.72. The third-order valence-electron chi connectivity index (χ3n) is 5.33. The lowest BCUT2D eigenvalue weighted by Crippen LogP contribution is -2.62. The highest BCUT2D eigenvalue weighted by Gasteiger charge is 2.37. The van der Waals surface area contributed by atoms with E-state index in [9.17, 15) is 9.18 Å². The SMILES string of the molecule is COc1cccc(CN2CC[C@H]3CN(c4ccncc4F)CCN3C2=O)c1. The van der Waals surface area contributed by atoms with Crippen LogP contribution >= 0.6 is 0 Å². The second-order valence-corrected chi connectivity index (χ2v) is 6.96. The van der Waals surface area contributed by atoms with Gasteiger partial charge in [0.2, 0.25) is 0 Å². The summed E-state index contributed by atoms with van der Waals surface area (Å²) in [6.45, 7) is 3.14. The maximum absolute atomic E-state index is 14.0. The van der Waals surface area contributed by atoms with Crippen LogP contribution in [0.5, 0.6) is 5.75 Å². The van der Waals surface area contributed by atoms with Gasteiger partial charge in [0, 0.05) is 38.9 Å². The van der Waals surface area contributed by atoms with Crippen molar-refractivity contribution in [1.82, 2.24) is 14.8 Å². The topological polar surface area (TPSA) is 48.9 Å². The highest BCUT2D eigenvalue weighted by atomic mass is 19.1. The van der Waals surface area contributed by atoms with Gasteiger partial charge in [-0.25, -0.2) is 9.18 Å². The molecule has 0 radical (unpaired) electrons. The maximum atomic E-state index is 14.0. The van der Waals surface area contributed by atoms with E-state index in [0.29, 0.717) is 38.4 Å². The van der Waals surface area contributed by atoms with Gasteiger partial charge in [0.05, 0.1) is 25.0 Å². The average molecular weight is 370 g/mol. The third-order valence-corrected chi connectivity index (χ3v) is 5.33. The summed E-state index contributed by atoms with van der Waals surface area (Å²) in [6, 6.07) is 9.67. The zero-order valence-corrected chi connectivity index (χ0v) is 15.3. The number of urea groups is 1. The lowest BCUT2D eigenvalue weighted by Gasteiger charge is -2.47. The number of carbonyl (C=O) groups is 1. The van der Waals surface area contributed by atoms with Crippen molar-refractivity contribution in [2.24, 2.45) is 0 Å². The van der Waals surface area contributed by atoms with Crippen LogP contribution in [0.2, 0.25) is 0 Å². The Morgan fingerprint density at radius 3 is 2.96 bits per heavy atom. The predicted octanol–water partition coefficient (Wildman–Crippen LogP) is 2.75. The number of ether oxygens (including phenoxy) is 1. The molecule has 0 N–H and O–H groups in total. The van der Waals surface area contributed by atoms with Gasteiger partial charge in [0.1, 0.15) is 5.75 Å². The van der Waals surface area contributed by atoms with Crippen LogP contribution in [0.4, 0.5) is 14.9 Å². The summed E-state index contributed by atoms with van der Waals surface area (Å²) in [5, 5.41) is 0. The number of hydrogen-bond acceptors (Lipinski definition) is 4. The first-order valence-electron chi connectivity index (χ1n) is 9.18. The largest absolute Gasteiger partial charge is 0.497 e. The number of halogens is 1. The Kier molecular flexibility index (Phi) is 4.83. The number of nitrogens with zero attached hydrogens (tertiary/aromatic N) is 4. The fraction of sp³-hybridized carbons (Fsp3) is 0.400. The van der Waals surface area contributed by atoms with E-state index in [-0.39, 0.29) is 17.9 Å². The van der Waals surface area contributed by atoms with Crippen LogP contribution in [0.3, 0.4) is 0 Å². The van der Waals surface area contributed by atoms with Crippen molar-refractivity contribution < 1.29 is 13.9 Å². The van der Waals surface area contributed by atoms with Crippen molar-refractivity contribution in [1.29, 1.82) is 0 Å². The first-order valence-corrected chi connectivity index (χ1v) is 9.18. The number of amides is 2. The maximum Gasteiger partial charge on any atom is 0.320 e. The van der Waals surface area contributed by atoms with Crippen molar-refractivity contribution in [3.63, 3.8) is 0 Å². The predicted molar refractivity (Wildman–Crippen MR) is 100 cm³/mol. The molecule has 0 saturated carbocycles. The lowest BCUT2D eigenvalue weighted by atomic mass is 10.0. The van der Waals surface area contributed by atoms with E-state index in [1.54, 1.807) is 19.4 Å². The molecular formula is C20H23FN4O2. The van der Waals surface area contributed by atoms with Crippen LogP contribution in [0, 0.1) is 5.82 Å². The van der Waals surface area contributed by atoms with Crippen LogP contribution in [0.25, 0.3) is 0 Å². The Morgan fingerprint density at radius 2 is 2.15 bits per heavy atom.